The Morgan fingerprint density at radius 2 is 1.14 bits per heavy atom. The highest BCUT2D eigenvalue weighted by atomic mass is 32.2. The fourth-order valence-corrected chi connectivity index (χ4v) is 9.27. The first-order valence-electron chi connectivity index (χ1n) is 17.5. The molecule has 0 saturated carbocycles. The Hall–Kier alpha value is -6.03. The Labute approximate surface area is 302 Å². The van der Waals surface area contributed by atoms with Crippen molar-refractivity contribution in [2.75, 3.05) is 4.90 Å². The van der Waals surface area contributed by atoms with Crippen molar-refractivity contribution >= 4 is 50.8 Å². The number of fused-ring (bicyclic) bond motifs is 6. The first-order chi connectivity index (χ1) is 25.3. The predicted octanol–water partition coefficient (Wildman–Crippen LogP) is 13.7. The molecule has 2 unspecified atom stereocenters. The minimum atomic E-state index is 0.438. The first-order valence-corrected chi connectivity index (χ1v) is 18.4. The molecule has 242 valence electrons. The summed E-state index contributed by atoms with van der Waals surface area (Å²) in [5, 5.41) is 2.70. The molecule has 0 bridgehead atoms. The van der Waals surface area contributed by atoms with Crippen LogP contribution in [-0.2, 0) is 0 Å². The van der Waals surface area contributed by atoms with E-state index in [-0.39, 0.29) is 0 Å². The van der Waals surface area contributed by atoms with Crippen LogP contribution in [0, 0.1) is 0 Å². The number of nitrogens with zero attached hydrogens (tertiary/aromatic N) is 1. The first kappa shape index (κ1) is 29.8. The lowest BCUT2D eigenvalue weighted by Gasteiger charge is -2.28. The predicted molar refractivity (Wildman–Crippen MR) is 215 cm³/mol. The molecule has 0 spiro atoms. The van der Waals surface area contributed by atoms with Gasteiger partial charge in [-0.25, -0.2) is 0 Å². The molecule has 0 fully saturated rings. The van der Waals surface area contributed by atoms with Gasteiger partial charge in [0.1, 0.15) is 11.2 Å². The Balaban J connectivity index is 1.15. The molecule has 3 heteroatoms. The highest BCUT2D eigenvalue weighted by Gasteiger charge is 2.32. The zero-order valence-corrected chi connectivity index (χ0v) is 28.6. The summed E-state index contributed by atoms with van der Waals surface area (Å²) in [7, 11) is 0. The van der Waals surface area contributed by atoms with Gasteiger partial charge in [-0.1, -0.05) is 146 Å². The Bertz CT molecular complexity index is 2600. The van der Waals surface area contributed by atoms with Crippen molar-refractivity contribution < 1.29 is 4.42 Å². The quantitative estimate of drug-likeness (QED) is 0.175. The van der Waals surface area contributed by atoms with Crippen molar-refractivity contribution in [3.05, 3.63) is 194 Å². The van der Waals surface area contributed by atoms with Crippen LogP contribution in [0.1, 0.15) is 11.5 Å². The number of para-hydroxylation sites is 1. The lowest BCUT2D eigenvalue weighted by atomic mass is 9.90. The molecule has 8 aromatic rings. The van der Waals surface area contributed by atoms with Crippen LogP contribution < -0.4 is 4.90 Å². The Kier molecular flexibility index (Phi) is 7.25. The van der Waals surface area contributed by atoms with Gasteiger partial charge in [0.15, 0.2) is 0 Å². The molecular formula is C48H33NOS. The monoisotopic (exact) mass is 671 g/mol. The zero-order valence-electron chi connectivity index (χ0n) is 27.8. The number of hydrogen-bond acceptors (Lipinski definition) is 3. The van der Waals surface area contributed by atoms with E-state index >= 15 is 0 Å². The van der Waals surface area contributed by atoms with E-state index in [2.05, 4.69) is 187 Å². The molecule has 2 nitrogen and oxygen atoms in total. The SMILES string of the molecule is C1=CC2Sc3c(-c4ccc(N(c5ccc(-c6ccccc6)cc5)c5ccc6c(oc7ccccc76)c5-c5ccccc5)cc4)cccc3C2C=C1. The van der Waals surface area contributed by atoms with E-state index in [1.165, 1.54) is 32.7 Å². The summed E-state index contributed by atoms with van der Waals surface area (Å²) in [6.45, 7) is 0. The van der Waals surface area contributed by atoms with E-state index in [1.807, 2.05) is 17.8 Å². The molecule has 10 rings (SSSR count). The Morgan fingerprint density at radius 1 is 0.490 bits per heavy atom. The van der Waals surface area contributed by atoms with Gasteiger partial charge in [0.2, 0.25) is 0 Å². The lowest BCUT2D eigenvalue weighted by molar-refractivity contribution is 0.670. The molecule has 7 aromatic carbocycles. The van der Waals surface area contributed by atoms with E-state index in [0.717, 1.165) is 50.1 Å². The number of hydrogen-bond donors (Lipinski definition) is 0. The van der Waals surface area contributed by atoms with Crippen molar-refractivity contribution in [3.8, 4) is 33.4 Å². The fourth-order valence-electron chi connectivity index (χ4n) is 7.79. The molecule has 2 atom stereocenters. The van der Waals surface area contributed by atoms with Gasteiger partial charge < -0.3 is 9.32 Å². The lowest BCUT2D eigenvalue weighted by Crippen LogP contribution is -2.11. The van der Waals surface area contributed by atoms with Gasteiger partial charge in [0.05, 0.1) is 5.69 Å². The number of rotatable bonds is 6. The van der Waals surface area contributed by atoms with Gasteiger partial charge in [0.25, 0.3) is 0 Å². The van der Waals surface area contributed by atoms with Crippen LogP contribution in [0.4, 0.5) is 17.1 Å². The van der Waals surface area contributed by atoms with Crippen molar-refractivity contribution in [2.24, 2.45) is 0 Å². The Morgan fingerprint density at radius 3 is 1.90 bits per heavy atom. The second-order valence-corrected chi connectivity index (χ2v) is 14.4. The fraction of sp³-hybridized carbons (Fsp3) is 0.0417. The van der Waals surface area contributed by atoms with Crippen LogP contribution in [0.3, 0.4) is 0 Å². The maximum atomic E-state index is 6.70. The molecule has 0 radical (unpaired) electrons. The van der Waals surface area contributed by atoms with Gasteiger partial charge in [0, 0.05) is 43.8 Å². The summed E-state index contributed by atoms with van der Waals surface area (Å²) in [6.07, 6.45) is 9.06. The summed E-state index contributed by atoms with van der Waals surface area (Å²) < 4.78 is 6.70. The van der Waals surface area contributed by atoms with Crippen LogP contribution in [0.25, 0.3) is 55.3 Å². The van der Waals surface area contributed by atoms with E-state index in [9.17, 15) is 0 Å². The molecule has 0 N–H and O–H groups in total. The smallest absolute Gasteiger partial charge is 0.145 e. The zero-order chi connectivity index (χ0) is 33.7. The standard InChI is InChI=1S/C48H33NOS/c1-3-12-32(13-4-1)33-22-26-36(27-23-33)49(37-28-24-34(25-29-37)38-18-11-19-42-40-17-8-10-21-45(40)51-48(38)42)43-31-30-41-39-16-7-9-20-44(39)50-47(41)46(43)35-14-5-2-6-15-35/h1-31,40,45H. The van der Waals surface area contributed by atoms with Gasteiger partial charge >= 0.3 is 0 Å². The van der Waals surface area contributed by atoms with Crippen molar-refractivity contribution in [2.45, 2.75) is 16.1 Å². The highest BCUT2D eigenvalue weighted by molar-refractivity contribution is 8.00. The maximum Gasteiger partial charge on any atom is 0.145 e. The number of thioether (sulfide) groups is 1. The van der Waals surface area contributed by atoms with Crippen molar-refractivity contribution in [3.63, 3.8) is 0 Å². The number of benzene rings is 7. The molecule has 51 heavy (non-hydrogen) atoms. The van der Waals surface area contributed by atoms with Crippen molar-refractivity contribution in [1.82, 2.24) is 0 Å². The van der Waals surface area contributed by atoms with Crippen LogP contribution in [0.5, 0.6) is 0 Å². The molecule has 1 aliphatic heterocycles. The maximum absolute atomic E-state index is 6.70. The second kappa shape index (κ2) is 12.4. The third kappa shape index (κ3) is 5.12. The summed E-state index contributed by atoms with van der Waals surface area (Å²) in [4.78, 5) is 3.77. The minimum absolute atomic E-state index is 0.438. The summed E-state index contributed by atoms with van der Waals surface area (Å²) >= 11 is 1.99. The van der Waals surface area contributed by atoms with E-state index in [1.54, 1.807) is 0 Å². The third-order valence-corrected chi connectivity index (χ3v) is 11.7. The number of allylic oxidation sites excluding steroid dienone is 3. The van der Waals surface area contributed by atoms with E-state index < -0.39 is 0 Å². The van der Waals surface area contributed by atoms with E-state index in [4.69, 9.17) is 4.42 Å². The summed E-state index contributed by atoms with van der Waals surface area (Å²) in [5.41, 5.74) is 13.5. The van der Waals surface area contributed by atoms with Gasteiger partial charge in [-0.3, -0.25) is 0 Å². The van der Waals surface area contributed by atoms with Gasteiger partial charge in [-0.2, -0.15) is 0 Å². The largest absolute Gasteiger partial charge is 0.455 e. The molecule has 2 heterocycles. The molecular weight excluding hydrogens is 639 g/mol. The molecule has 1 aromatic heterocycles. The molecule has 0 saturated heterocycles. The van der Waals surface area contributed by atoms with Gasteiger partial charge in [-0.05, 0) is 75.8 Å². The normalized spacial score (nSPS) is 16.0. The van der Waals surface area contributed by atoms with E-state index in [0.29, 0.717) is 11.2 Å². The van der Waals surface area contributed by atoms with Crippen LogP contribution in [-0.4, -0.2) is 5.25 Å². The highest BCUT2D eigenvalue weighted by Crippen LogP contribution is 2.52. The van der Waals surface area contributed by atoms with Crippen LogP contribution >= 0.6 is 11.8 Å². The minimum Gasteiger partial charge on any atom is -0.455 e. The number of anilines is 3. The average Bonchev–Trinajstić information content (AvgIpc) is 3.78. The topological polar surface area (TPSA) is 16.4 Å². The van der Waals surface area contributed by atoms with Crippen LogP contribution in [0.2, 0.25) is 0 Å². The molecule has 1 aliphatic carbocycles. The summed E-state index contributed by atoms with van der Waals surface area (Å²) in [6, 6.07) is 58.8. The summed E-state index contributed by atoms with van der Waals surface area (Å²) in [5.74, 6) is 0.438. The number of furan rings is 1. The second-order valence-electron chi connectivity index (χ2n) is 13.2. The molecule has 0 amide bonds. The molecule has 2 aliphatic rings. The van der Waals surface area contributed by atoms with Crippen molar-refractivity contribution in [1.29, 1.82) is 0 Å². The van der Waals surface area contributed by atoms with Gasteiger partial charge in [-0.15, -0.1) is 11.8 Å². The average molecular weight is 672 g/mol. The third-order valence-electron chi connectivity index (χ3n) is 10.2. The van der Waals surface area contributed by atoms with Crippen LogP contribution in [0.15, 0.2) is 197 Å².